The zero-order valence-electron chi connectivity index (χ0n) is 8.34. The summed E-state index contributed by atoms with van der Waals surface area (Å²) in [4.78, 5) is 11.1. The first-order valence-electron chi connectivity index (χ1n) is 4.96. The van der Waals surface area contributed by atoms with Crippen LogP contribution in [0.1, 0.15) is 39.0 Å². The maximum absolute atomic E-state index is 11.1. The number of hydrogen-bond donors (Lipinski definition) is 0. The van der Waals surface area contributed by atoms with E-state index in [2.05, 4.69) is 6.58 Å². The molecule has 0 aromatic carbocycles. The Kier molecular flexibility index (Phi) is 4.16. The molecule has 1 saturated carbocycles. The Bertz CT molecular complexity index is 196. The average Bonchev–Trinajstić information content (AvgIpc) is 2.03. The molecule has 0 aromatic rings. The molecular formula is C11H18O2. The van der Waals surface area contributed by atoms with E-state index >= 15 is 0 Å². The van der Waals surface area contributed by atoms with E-state index in [0.29, 0.717) is 18.8 Å². The third-order valence-electron chi connectivity index (χ3n) is 2.32. The van der Waals surface area contributed by atoms with Gasteiger partial charge in [0.05, 0.1) is 12.7 Å². The van der Waals surface area contributed by atoms with E-state index in [1.165, 1.54) is 0 Å². The van der Waals surface area contributed by atoms with E-state index in [1.807, 2.05) is 6.92 Å². The van der Waals surface area contributed by atoms with Crippen molar-refractivity contribution in [3.05, 3.63) is 12.2 Å². The van der Waals surface area contributed by atoms with Crippen molar-refractivity contribution in [3.63, 3.8) is 0 Å². The maximum atomic E-state index is 11.1. The van der Waals surface area contributed by atoms with Gasteiger partial charge in [-0.15, -0.1) is 6.58 Å². The van der Waals surface area contributed by atoms with Gasteiger partial charge < -0.3 is 4.74 Å². The minimum atomic E-state index is 0.181. The molecule has 0 N–H and O–H groups in total. The summed E-state index contributed by atoms with van der Waals surface area (Å²) >= 11 is 0. The van der Waals surface area contributed by atoms with Crippen LogP contribution in [0, 0.1) is 0 Å². The van der Waals surface area contributed by atoms with Crippen molar-refractivity contribution in [2.45, 2.75) is 45.1 Å². The number of ketones is 1. The highest BCUT2D eigenvalue weighted by atomic mass is 16.5. The van der Waals surface area contributed by atoms with E-state index in [0.717, 1.165) is 31.3 Å². The molecule has 0 amide bonds. The first kappa shape index (κ1) is 10.5. The number of rotatable bonds is 4. The number of ether oxygens (including phenoxy) is 1. The Hall–Kier alpha value is -0.630. The first-order valence-corrected chi connectivity index (χ1v) is 4.96. The van der Waals surface area contributed by atoms with E-state index in [4.69, 9.17) is 4.74 Å². The average molecular weight is 182 g/mol. The predicted octanol–water partition coefficient (Wildman–Crippen LogP) is 2.48. The van der Waals surface area contributed by atoms with Crippen LogP contribution in [-0.4, -0.2) is 18.5 Å². The fraction of sp³-hybridized carbons (Fsp3) is 0.727. The molecule has 2 nitrogen and oxygen atoms in total. The van der Waals surface area contributed by atoms with Gasteiger partial charge in [0.25, 0.3) is 0 Å². The molecule has 0 radical (unpaired) electrons. The number of hydrogen-bond acceptors (Lipinski definition) is 2. The lowest BCUT2D eigenvalue weighted by atomic mass is 9.96. The van der Waals surface area contributed by atoms with Gasteiger partial charge in [0.2, 0.25) is 0 Å². The Morgan fingerprint density at radius 2 is 2.46 bits per heavy atom. The minimum Gasteiger partial charge on any atom is -0.377 e. The highest BCUT2D eigenvalue weighted by Gasteiger charge is 2.19. The van der Waals surface area contributed by atoms with Crippen molar-refractivity contribution in [1.82, 2.24) is 0 Å². The molecule has 74 valence electrons. The Balaban J connectivity index is 2.13. The fourth-order valence-corrected chi connectivity index (χ4v) is 1.53. The third kappa shape index (κ3) is 4.23. The molecule has 0 aromatic heterocycles. The number of carbonyl (C=O) groups is 1. The van der Waals surface area contributed by atoms with Gasteiger partial charge in [-0.2, -0.15) is 0 Å². The molecule has 1 aliphatic rings. The van der Waals surface area contributed by atoms with Crippen LogP contribution >= 0.6 is 0 Å². The molecule has 1 aliphatic carbocycles. The molecule has 1 fully saturated rings. The summed E-state index contributed by atoms with van der Waals surface area (Å²) in [6, 6.07) is 0. The van der Waals surface area contributed by atoms with Crippen LogP contribution in [-0.2, 0) is 9.53 Å². The molecule has 2 heteroatoms. The highest BCUT2D eigenvalue weighted by molar-refractivity contribution is 5.79. The fourth-order valence-electron chi connectivity index (χ4n) is 1.53. The third-order valence-corrected chi connectivity index (χ3v) is 2.32. The van der Waals surface area contributed by atoms with Gasteiger partial charge in [0, 0.05) is 12.8 Å². The topological polar surface area (TPSA) is 26.3 Å². The van der Waals surface area contributed by atoms with E-state index in [-0.39, 0.29) is 6.10 Å². The van der Waals surface area contributed by atoms with E-state index < -0.39 is 0 Å². The van der Waals surface area contributed by atoms with Gasteiger partial charge in [-0.3, -0.25) is 4.79 Å². The lowest BCUT2D eigenvalue weighted by molar-refractivity contribution is -0.124. The summed E-state index contributed by atoms with van der Waals surface area (Å²) < 4.78 is 5.58. The van der Waals surface area contributed by atoms with Crippen LogP contribution in [0.4, 0.5) is 0 Å². The largest absolute Gasteiger partial charge is 0.377 e. The second-order valence-corrected chi connectivity index (χ2v) is 3.83. The van der Waals surface area contributed by atoms with E-state index in [9.17, 15) is 4.79 Å². The molecular weight excluding hydrogens is 164 g/mol. The molecule has 1 rings (SSSR count). The Labute approximate surface area is 80.0 Å². The quantitative estimate of drug-likeness (QED) is 0.624. The Morgan fingerprint density at radius 3 is 3.08 bits per heavy atom. The van der Waals surface area contributed by atoms with Crippen LogP contribution < -0.4 is 0 Å². The van der Waals surface area contributed by atoms with Crippen LogP contribution in [0.3, 0.4) is 0 Å². The van der Waals surface area contributed by atoms with Crippen molar-refractivity contribution < 1.29 is 9.53 Å². The molecule has 0 bridgehead atoms. The van der Waals surface area contributed by atoms with Gasteiger partial charge in [-0.1, -0.05) is 5.57 Å². The normalized spacial score (nSPS) is 23.2. The SMILES string of the molecule is C=C(C)CCOC1CCCC(=O)C1. The molecule has 1 atom stereocenters. The summed E-state index contributed by atoms with van der Waals surface area (Å²) in [5.74, 6) is 0.353. The molecule has 0 spiro atoms. The monoisotopic (exact) mass is 182 g/mol. The predicted molar refractivity (Wildman–Crippen MR) is 52.6 cm³/mol. The van der Waals surface area contributed by atoms with Crippen molar-refractivity contribution in [2.24, 2.45) is 0 Å². The summed E-state index contributed by atoms with van der Waals surface area (Å²) in [5.41, 5.74) is 1.14. The zero-order chi connectivity index (χ0) is 9.68. The van der Waals surface area contributed by atoms with Crippen LogP contribution in [0.5, 0.6) is 0 Å². The van der Waals surface area contributed by atoms with Crippen molar-refractivity contribution in [2.75, 3.05) is 6.61 Å². The zero-order valence-corrected chi connectivity index (χ0v) is 8.34. The van der Waals surface area contributed by atoms with Crippen molar-refractivity contribution in [1.29, 1.82) is 0 Å². The van der Waals surface area contributed by atoms with Crippen LogP contribution in [0.25, 0.3) is 0 Å². The molecule has 0 heterocycles. The minimum absolute atomic E-state index is 0.181. The van der Waals surface area contributed by atoms with Crippen LogP contribution in [0.2, 0.25) is 0 Å². The van der Waals surface area contributed by atoms with Crippen molar-refractivity contribution >= 4 is 5.78 Å². The molecule has 1 unspecified atom stereocenters. The van der Waals surface area contributed by atoms with Gasteiger partial charge >= 0.3 is 0 Å². The lowest BCUT2D eigenvalue weighted by Crippen LogP contribution is -2.23. The van der Waals surface area contributed by atoms with Crippen molar-refractivity contribution in [3.8, 4) is 0 Å². The Morgan fingerprint density at radius 1 is 1.69 bits per heavy atom. The summed E-state index contributed by atoms with van der Waals surface area (Å²) in [7, 11) is 0. The second-order valence-electron chi connectivity index (χ2n) is 3.83. The highest BCUT2D eigenvalue weighted by Crippen LogP contribution is 2.18. The van der Waals surface area contributed by atoms with Gasteiger partial charge in [-0.25, -0.2) is 0 Å². The smallest absolute Gasteiger partial charge is 0.135 e. The summed E-state index contributed by atoms with van der Waals surface area (Å²) in [5, 5.41) is 0. The molecule has 0 saturated heterocycles. The van der Waals surface area contributed by atoms with Crippen LogP contribution in [0.15, 0.2) is 12.2 Å². The standard InChI is InChI=1S/C11H18O2/c1-9(2)6-7-13-11-5-3-4-10(12)8-11/h11H,1,3-8H2,2H3. The lowest BCUT2D eigenvalue weighted by Gasteiger charge is -2.21. The van der Waals surface area contributed by atoms with Gasteiger partial charge in [0.1, 0.15) is 5.78 Å². The number of carbonyl (C=O) groups excluding carboxylic acids is 1. The summed E-state index contributed by atoms with van der Waals surface area (Å²) in [6.07, 6.45) is 4.50. The molecule has 0 aliphatic heterocycles. The first-order chi connectivity index (χ1) is 6.18. The maximum Gasteiger partial charge on any atom is 0.135 e. The van der Waals surface area contributed by atoms with Gasteiger partial charge in [0.15, 0.2) is 0 Å². The second kappa shape index (κ2) is 5.18. The van der Waals surface area contributed by atoms with E-state index in [1.54, 1.807) is 0 Å². The summed E-state index contributed by atoms with van der Waals surface area (Å²) in [6.45, 7) is 6.52. The molecule has 13 heavy (non-hydrogen) atoms. The van der Waals surface area contributed by atoms with Gasteiger partial charge in [-0.05, 0) is 26.2 Å². The number of Topliss-reactive ketones (excluding diaryl/α,β-unsaturated/α-hetero) is 1.